The van der Waals surface area contributed by atoms with Crippen LogP contribution in [0.15, 0.2) is 18.2 Å². The standard InChI is InChI=1S/C15H26N2O/c1-11(2)9-17(12(3)4)10-13-8-14(18-5)6-7-15(13)16/h6-8,11-12H,9-10,16H2,1-5H3. The smallest absolute Gasteiger partial charge is 0.119 e. The van der Waals surface area contributed by atoms with E-state index < -0.39 is 0 Å². The number of hydrogen-bond acceptors (Lipinski definition) is 3. The summed E-state index contributed by atoms with van der Waals surface area (Å²) in [7, 11) is 1.68. The van der Waals surface area contributed by atoms with E-state index in [1.165, 1.54) is 0 Å². The summed E-state index contributed by atoms with van der Waals surface area (Å²) in [6, 6.07) is 6.37. The van der Waals surface area contributed by atoms with Crippen molar-refractivity contribution in [2.24, 2.45) is 5.92 Å². The quantitative estimate of drug-likeness (QED) is 0.788. The maximum Gasteiger partial charge on any atom is 0.119 e. The van der Waals surface area contributed by atoms with Crippen LogP contribution >= 0.6 is 0 Å². The van der Waals surface area contributed by atoms with Gasteiger partial charge in [-0.3, -0.25) is 4.90 Å². The molecule has 0 fully saturated rings. The van der Waals surface area contributed by atoms with E-state index in [2.05, 4.69) is 32.6 Å². The number of anilines is 1. The van der Waals surface area contributed by atoms with Gasteiger partial charge >= 0.3 is 0 Å². The van der Waals surface area contributed by atoms with E-state index in [0.717, 1.165) is 30.1 Å². The first-order valence-electron chi connectivity index (χ1n) is 6.60. The van der Waals surface area contributed by atoms with Gasteiger partial charge in [-0.1, -0.05) is 13.8 Å². The molecule has 1 aromatic carbocycles. The second-order valence-corrected chi connectivity index (χ2v) is 5.48. The van der Waals surface area contributed by atoms with Gasteiger partial charge in [-0.05, 0) is 43.5 Å². The largest absolute Gasteiger partial charge is 0.497 e. The molecule has 102 valence electrons. The fourth-order valence-corrected chi connectivity index (χ4v) is 1.99. The molecule has 0 atom stereocenters. The van der Waals surface area contributed by atoms with Crippen LogP contribution in [0.3, 0.4) is 0 Å². The molecule has 0 aliphatic rings. The maximum absolute atomic E-state index is 6.04. The number of nitrogen functional groups attached to an aromatic ring is 1. The third-order valence-corrected chi connectivity index (χ3v) is 3.05. The summed E-state index contributed by atoms with van der Waals surface area (Å²) in [6.07, 6.45) is 0. The Hall–Kier alpha value is -1.22. The third-order valence-electron chi connectivity index (χ3n) is 3.05. The number of nitrogens with two attached hydrogens (primary N) is 1. The first-order chi connectivity index (χ1) is 8.43. The Bertz CT molecular complexity index is 375. The van der Waals surface area contributed by atoms with Gasteiger partial charge in [0.15, 0.2) is 0 Å². The summed E-state index contributed by atoms with van der Waals surface area (Å²) >= 11 is 0. The molecule has 0 aliphatic heterocycles. The van der Waals surface area contributed by atoms with Crippen molar-refractivity contribution in [1.29, 1.82) is 0 Å². The van der Waals surface area contributed by atoms with Crippen LogP contribution in [0.1, 0.15) is 33.3 Å². The van der Waals surface area contributed by atoms with Crippen LogP contribution in [0.4, 0.5) is 5.69 Å². The van der Waals surface area contributed by atoms with Gasteiger partial charge in [0, 0.05) is 24.8 Å². The molecule has 2 N–H and O–H groups in total. The molecule has 0 saturated carbocycles. The van der Waals surface area contributed by atoms with Gasteiger partial charge in [0.05, 0.1) is 7.11 Å². The molecule has 0 aliphatic carbocycles. The Morgan fingerprint density at radius 2 is 1.89 bits per heavy atom. The first kappa shape index (κ1) is 14.8. The summed E-state index contributed by atoms with van der Waals surface area (Å²) in [6.45, 7) is 10.9. The van der Waals surface area contributed by atoms with Crippen molar-refractivity contribution in [1.82, 2.24) is 4.90 Å². The van der Waals surface area contributed by atoms with Gasteiger partial charge in [0.2, 0.25) is 0 Å². The van der Waals surface area contributed by atoms with E-state index in [4.69, 9.17) is 10.5 Å². The summed E-state index contributed by atoms with van der Waals surface area (Å²) in [5.74, 6) is 1.52. The number of benzene rings is 1. The Morgan fingerprint density at radius 3 is 2.39 bits per heavy atom. The minimum Gasteiger partial charge on any atom is -0.497 e. The van der Waals surface area contributed by atoms with Gasteiger partial charge in [0.25, 0.3) is 0 Å². The lowest BCUT2D eigenvalue weighted by Crippen LogP contribution is -2.33. The Morgan fingerprint density at radius 1 is 1.22 bits per heavy atom. The fraction of sp³-hybridized carbons (Fsp3) is 0.600. The van der Waals surface area contributed by atoms with E-state index in [1.54, 1.807) is 7.11 Å². The number of nitrogens with zero attached hydrogens (tertiary/aromatic N) is 1. The Labute approximate surface area is 111 Å². The molecule has 0 radical (unpaired) electrons. The van der Waals surface area contributed by atoms with Gasteiger partial charge < -0.3 is 10.5 Å². The van der Waals surface area contributed by atoms with Crippen LogP contribution in [0.25, 0.3) is 0 Å². The molecule has 3 nitrogen and oxygen atoms in total. The highest BCUT2D eigenvalue weighted by Gasteiger charge is 2.13. The highest BCUT2D eigenvalue weighted by atomic mass is 16.5. The Kier molecular flexibility index (Phi) is 5.48. The van der Waals surface area contributed by atoms with Crippen LogP contribution < -0.4 is 10.5 Å². The second kappa shape index (κ2) is 6.64. The lowest BCUT2D eigenvalue weighted by Gasteiger charge is -2.28. The van der Waals surface area contributed by atoms with Crippen molar-refractivity contribution in [3.63, 3.8) is 0 Å². The highest BCUT2D eigenvalue weighted by molar-refractivity contribution is 5.50. The zero-order valence-corrected chi connectivity index (χ0v) is 12.2. The SMILES string of the molecule is COc1ccc(N)c(CN(CC(C)C)C(C)C)c1. The summed E-state index contributed by atoms with van der Waals surface area (Å²) in [5.41, 5.74) is 8.02. The zero-order chi connectivity index (χ0) is 13.7. The van der Waals surface area contributed by atoms with Crippen molar-refractivity contribution in [3.05, 3.63) is 23.8 Å². The average Bonchev–Trinajstić information content (AvgIpc) is 2.30. The average molecular weight is 250 g/mol. The van der Waals surface area contributed by atoms with Crippen LogP contribution in [0, 0.1) is 5.92 Å². The van der Waals surface area contributed by atoms with Gasteiger partial charge in [0.1, 0.15) is 5.75 Å². The topological polar surface area (TPSA) is 38.5 Å². The van der Waals surface area contributed by atoms with Gasteiger partial charge in [-0.25, -0.2) is 0 Å². The van der Waals surface area contributed by atoms with E-state index in [9.17, 15) is 0 Å². The highest BCUT2D eigenvalue weighted by Crippen LogP contribution is 2.22. The van der Waals surface area contributed by atoms with Gasteiger partial charge in [-0.2, -0.15) is 0 Å². The normalized spacial score (nSPS) is 11.6. The lowest BCUT2D eigenvalue weighted by molar-refractivity contribution is 0.189. The van der Waals surface area contributed by atoms with Crippen LogP contribution in [-0.2, 0) is 6.54 Å². The number of hydrogen-bond donors (Lipinski definition) is 1. The first-order valence-corrected chi connectivity index (χ1v) is 6.60. The summed E-state index contributed by atoms with van der Waals surface area (Å²) < 4.78 is 5.26. The van der Waals surface area contributed by atoms with Crippen LogP contribution in [-0.4, -0.2) is 24.6 Å². The van der Waals surface area contributed by atoms with E-state index >= 15 is 0 Å². The van der Waals surface area contributed by atoms with Crippen LogP contribution in [0.5, 0.6) is 5.75 Å². The fourth-order valence-electron chi connectivity index (χ4n) is 1.99. The summed E-state index contributed by atoms with van der Waals surface area (Å²) in [4.78, 5) is 2.44. The molecule has 1 rings (SSSR count). The molecule has 0 spiro atoms. The van der Waals surface area contributed by atoms with Crippen LogP contribution in [0.2, 0.25) is 0 Å². The number of methoxy groups -OCH3 is 1. The predicted octanol–water partition coefficient (Wildman–Crippen LogP) is 3.14. The minimum absolute atomic E-state index is 0.512. The lowest BCUT2D eigenvalue weighted by atomic mass is 10.1. The van der Waals surface area contributed by atoms with Crippen molar-refractivity contribution in [2.45, 2.75) is 40.3 Å². The van der Waals surface area contributed by atoms with E-state index in [0.29, 0.717) is 12.0 Å². The maximum atomic E-state index is 6.04. The molecule has 0 bridgehead atoms. The van der Waals surface area contributed by atoms with E-state index in [-0.39, 0.29) is 0 Å². The summed E-state index contributed by atoms with van der Waals surface area (Å²) in [5, 5.41) is 0. The predicted molar refractivity (Wildman–Crippen MR) is 77.8 cm³/mol. The molecular formula is C15H26N2O. The van der Waals surface area contributed by atoms with Crippen molar-refractivity contribution >= 4 is 5.69 Å². The molecule has 0 aromatic heterocycles. The van der Waals surface area contributed by atoms with Crippen molar-refractivity contribution in [2.75, 3.05) is 19.4 Å². The second-order valence-electron chi connectivity index (χ2n) is 5.48. The Balaban J connectivity index is 2.85. The molecule has 1 aromatic rings. The molecular weight excluding hydrogens is 224 g/mol. The number of ether oxygens (including phenoxy) is 1. The molecule has 3 heteroatoms. The molecule has 0 saturated heterocycles. The van der Waals surface area contributed by atoms with Crippen molar-refractivity contribution < 1.29 is 4.74 Å². The van der Waals surface area contributed by atoms with Gasteiger partial charge in [-0.15, -0.1) is 0 Å². The molecule has 0 unspecified atom stereocenters. The molecule has 0 heterocycles. The van der Waals surface area contributed by atoms with Crippen molar-refractivity contribution in [3.8, 4) is 5.75 Å². The monoisotopic (exact) mass is 250 g/mol. The van der Waals surface area contributed by atoms with E-state index in [1.807, 2.05) is 18.2 Å². The molecule has 18 heavy (non-hydrogen) atoms. The minimum atomic E-state index is 0.512. The zero-order valence-electron chi connectivity index (χ0n) is 12.2. The molecule has 0 amide bonds. The third kappa shape index (κ3) is 4.22. The number of rotatable bonds is 6.